The lowest BCUT2D eigenvalue weighted by Crippen LogP contribution is -2.43. The van der Waals surface area contributed by atoms with Crippen LogP contribution in [-0.4, -0.2) is 42.5 Å². The second kappa shape index (κ2) is 5.14. The molecule has 1 aromatic heterocycles. The molecule has 3 rings (SSSR count). The second-order valence-corrected chi connectivity index (χ2v) is 5.46. The maximum absolute atomic E-state index is 12.6. The van der Waals surface area contributed by atoms with Crippen LogP contribution < -0.4 is 0 Å². The summed E-state index contributed by atoms with van der Waals surface area (Å²) in [6.45, 7) is 1.22. The minimum atomic E-state index is -0.953. The van der Waals surface area contributed by atoms with Gasteiger partial charge in [-0.1, -0.05) is 0 Å². The lowest BCUT2D eigenvalue weighted by Gasteiger charge is -2.28. The van der Waals surface area contributed by atoms with Crippen LogP contribution in [0.25, 0.3) is 0 Å². The minimum absolute atomic E-state index is 0.156. The van der Waals surface area contributed by atoms with Gasteiger partial charge in [-0.15, -0.1) is 0 Å². The molecule has 0 saturated heterocycles. The standard InChI is InChI=1S/C14H18N2O5/c1-19-8-11-15-9-7-16(6-3-10(9)21-11)12(17)14(4-5-14)13(18)20-2/h3-8H2,1-2H3. The molecule has 0 atom stereocenters. The van der Waals surface area contributed by atoms with Crippen molar-refractivity contribution in [3.05, 3.63) is 17.3 Å². The monoisotopic (exact) mass is 294 g/mol. The number of methoxy groups -OCH3 is 2. The Labute approximate surface area is 122 Å². The van der Waals surface area contributed by atoms with Crippen molar-refractivity contribution in [1.82, 2.24) is 9.88 Å². The van der Waals surface area contributed by atoms with Crippen LogP contribution in [0.5, 0.6) is 0 Å². The van der Waals surface area contributed by atoms with Crippen molar-refractivity contribution in [2.24, 2.45) is 5.41 Å². The van der Waals surface area contributed by atoms with Crippen LogP contribution >= 0.6 is 0 Å². The molecule has 21 heavy (non-hydrogen) atoms. The molecule has 0 N–H and O–H groups in total. The Morgan fingerprint density at radius 2 is 2.14 bits per heavy atom. The van der Waals surface area contributed by atoms with Crippen LogP contribution in [0.1, 0.15) is 30.2 Å². The van der Waals surface area contributed by atoms with E-state index < -0.39 is 11.4 Å². The van der Waals surface area contributed by atoms with Gasteiger partial charge in [0.25, 0.3) is 0 Å². The van der Waals surface area contributed by atoms with Gasteiger partial charge >= 0.3 is 5.97 Å². The third-order valence-corrected chi connectivity index (χ3v) is 4.06. The summed E-state index contributed by atoms with van der Waals surface area (Å²) in [6.07, 6.45) is 1.74. The Morgan fingerprint density at radius 1 is 1.38 bits per heavy atom. The van der Waals surface area contributed by atoms with Gasteiger partial charge in [0, 0.05) is 20.1 Å². The summed E-state index contributed by atoms with van der Waals surface area (Å²) >= 11 is 0. The molecule has 114 valence electrons. The van der Waals surface area contributed by atoms with E-state index in [2.05, 4.69) is 4.98 Å². The van der Waals surface area contributed by atoms with Gasteiger partial charge in [0.05, 0.1) is 13.7 Å². The first-order valence-electron chi connectivity index (χ1n) is 6.95. The van der Waals surface area contributed by atoms with Gasteiger partial charge in [-0.25, -0.2) is 4.98 Å². The predicted molar refractivity (Wildman–Crippen MR) is 70.0 cm³/mol. The van der Waals surface area contributed by atoms with Crippen LogP contribution in [0, 0.1) is 5.41 Å². The van der Waals surface area contributed by atoms with E-state index in [-0.39, 0.29) is 5.91 Å². The zero-order valence-corrected chi connectivity index (χ0v) is 12.2. The summed E-state index contributed by atoms with van der Waals surface area (Å²) in [5.41, 5.74) is -0.201. The van der Waals surface area contributed by atoms with Crippen molar-refractivity contribution in [3.63, 3.8) is 0 Å². The third-order valence-electron chi connectivity index (χ3n) is 4.06. The van der Waals surface area contributed by atoms with Crippen LogP contribution in [0.2, 0.25) is 0 Å². The van der Waals surface area contributed by atoms with Crippen molar-refractivity contribution in [1.29, 1.82) is 0 Å². The van der Waals surface area contributed by atoms with Gasteiger partial charge in [-0.05, 0) is 12.8 Å². The number of oxazole rings is 1. The lowest BCUT2D eigenvalue weighted by molar-refractivity contribution is -0.156. The van der Waals surface area contributed by atoms with Crippen LogP contribution in [0.4, 0.5) is 0 Å². The first kappa shape index (κ1) is 14.1. The molecule has 1 fully saturated rings. The maximum atomic E-state index is 12.6. The Bertz CT molecular complexity index is 576. The van der Waals surface area contributed by atoms with Gasteiger partial charge in [0.1, 0.15) is 23.5 Å². The number of nitrogens with zero attached hydrogens (tertiary/aromatic N) is 2. The van der Waals surface area contributed by atoms with Crippen molar-refractivity contribution in [3.8, 4) is 0 Å². The highest BCUT2D eigenvalue weighted by atomic mass is 16.5. The molecule has 0 aromatic carbocycles. The number of fused-ring (bicyclic) bond motifs is 1. The van der Waals surface area contributed by atoms with Gasteiger partial charge < -0.3 is 18.8 Å². The molecule has 7 nitrogen and oxygen atoms in total. The molecule has 0 unspecified atom stereocenters. The van der Waals surface area contributed by atoms with E-state index in [1.807, 2.05) is 0 Å². The van der Waals surface area contributed by atoms with E-state index in [1.54, 1.807) is 12.0 Å². The summed E-state index contributed by atoms with van der Waals surface area (Å²) in [6, 6.07) is 0. The fourth-order valence-corrected chi connectivity index (χ4v) is 2.74. The van der Waals surface area contributed by atoms with Crippen LogP contribution in [0.15, 0.2) is 4.42 Å². The summed E-state index contributed by atoms with van der Waals surface area (Å²) in [7, 11) is 2.89. The molecule has 1 amide bonds. The Hall–Kier alpha value is -1.89. The molecule has 0 radical (unpaired) electrons. The Kier molecular flexibility index (Phi) is 3.44. The maximum Gasteiger partial charge on any atom is 0.321 e. The number of hydrogen-bond acceptors (Lipinski definition) is 6. The van der Waals surface area contributed by atoms with Crippen molar-refractivity contribution < 1.29 is 23.5 Å². The molecule has 2 heterocycles. The second-order valence-electron chi connectivity index (χ2n) is 5.46. The number of aromatic nitrogens is 1. The fraction of sp³-hybridized carbons (Fsp3) is 0.643. The number of amides is 1. The highest BCUT2D eigenvalue weighted by molar-refractivity contribution is 6.05. The van der Waals surface area contributed by atoms with E-state index in [0.29, 0.717) is 44.8 Å². The van der Waals surface area contributed by atoms with E-state index in [0.717, 1.165) is 11.5 Å². The van der Waals surface area contributed by atoms with Crippen molar-refractivity contribution in [2.45, 2.75) is 32.4 Å². The van der Waals surface area contributed by atoms with Gasteiger partial charge in [0.15, 0.2) is 0 Å². The zero-order chi connectivity index (χ0) is 15.0. The van der Waals surface area contributed by atoms with E-state index in [4.69, 9.17) is 13.9 Å². The first-order chi connectivity index (χ1) is 10.1. The molecule has 7 heteroatoms. The average molecular weight is 294 g/mol. The van der Waals surface area contributed by atoms with Gasteiger partial charge in [-0.2, -0.15) is 0 Å². The summed E-state index contributed by atoms with van der Waals surface area (Å²) < 4.78 is 15.3. The first-order valence-corrected chi connectivity index (χ1v) is 6.95. The molecular weight excluding hydrogens is 276 g/mol. The largest absolute Gasteiger partial charge is 0.468 e. The van der Waals surface area contributed by atoms with Crippen molar-refractivity contribution >= 4 is 11.9 Å². The molecule has 2 aliphatic rings. The van der Waals surface area contributed by atoms with E-state index in [9.17, 15) is 9.59 Å². The molecular formula is C14H18N2O5. The van der Waals surface area contributed by atoms with Gasteiger partial charge in [-0.3, -0.25) is 9.59 Å². The summed E-state index contributed by atoms with van der Waals surface area (Å²) in [5.74, 6) is 0.731. The highest BCUT2D eigenvalue weighted by Gasteiger charge is 2.59. The van der Waals surface area contributed by atoms with E-state index >= 15 is 0 Å². The summed E-state index contributed by atoms with van der Waals surface area (Å²) in [4.78, 5) is 30.4. The molecule has 1 aliphatic carbocycles. The van der Waals surface area contributed by atoms with Crippen LogP contribution in [0.3, 0.4) is 0 Å². The molecule has 0 bridgehead atoms. The lowest BCUT2D eigenvalue weighted by atomic mass is 10.0. The Morgan fingerprint density at radius 3 is 2.76 bits per heavy atom. The third kappa shape index (κ3) is 2.31. The smallest absolute Gasteiger partial charge is 0.321 e. The normalized spacial score (nSPS) is 19.0. The highest BCUT2D eigenvalue weighted by Crippen LogP contribution is 2.48. The molecule has 1 saturated carbocycles. The van der Waals surface area contributed by atoms with Crippen molar-refractivity contribution in [2.75, 3.05) is 20.8 Å². The Balaban J connectivity index is 1.74. The van der Waals surface area contributed by atoms with E-state index in [1.165, 1.54) is 7.11 Å². The number of carbonyl (C=O) groups is 2. The molecule has 0 spiro atoms. The van der Waals surface area contributed by atoms with Crippen LogP contribution in [-0.2, 0) is 38.6 Å². The topological polar surface area (TPSA) is 81.9 Å². The number of ether oxygens (including phenoxy) is 2. The number of esters is 1. The average Bonchev–Trinajstić information content (AvgIpc) is 3.20. The zero-order valence-electron chi connectivity index (χ0n) is 12.2. The predicted octanol–water partition coefficient (Wildman–Crippen LogP) is 0.659. The molecule has 1 aliphatic heterocycles. The quantitative estimate of drug-likeness (QED) is 0.599. The SMILES string of the molecule is COCc1nc2c(o1)CCN(C(=O)C1(C(=O)OC)CC1)C2. The minimum Gasteiger partial charge on any atom is -0.468 e. The summed E-state index contributed by atoms with van der Waals surface area (Å²) in [5, 5.41) is 0. The number of hydrogen-bond donors (Lipinski definition) is 0. The number of carbonyl (C=O) groups excluding carboxylic acids is 2. The van der Waals surface area contributed by atoms with Gasteiger partial charge in [0.2, 0.25) is 11.8 Å². The fourth-order valence-electron chi connectivity index (χ4n) is 2.74. The molecule has 1 aromatic rings. The number of rotatable bonds is 4.